The predicted octanol–water partition coefficient (Wildman–Crippen LogP) is 7.27. The first-order chi connectivity index (χ1) is 20.6. The van der Waals surface area contributed by atoms with Crippen LogP contribution in [0, 0.1) is 19.8 Å². The average molecular weight is 617 g/mol. The topological polar surface area (TPSA) is 67.2 Å². The van der Waals surface area contributed by atoms with Crippen LogP contribution in [0.2, 0.25) is 5.02 Å². The fourth-order valence-electron chi connectivity index (χ4n) is 5.93. The van der Waals surface area contributed by atoms with E-state index in [1.807, 2.05) is 47.6 Å². The number of hydrogen-bond acceptors (Lipinski definition) is 5. The van der Waals surface area contributed by atoms with Crippen molar-refractivity contribution in [1.82, 2.24) is 19.8 Å². The van der Waals surface area contributed by atoms with E-state index in [0.29, 0.717) is 40.7 Å². The van der Waals surface area contributed by atoms with Crippen LogP contribution in [-0.2, 0) is 19.3 Å². The van der Waals surface area contributed by atoms with E-state index in [-0.39, 0.29) is 17.4 Å². The van der Waals surface area contributed by atoms with Crippen LogP contribution in [0.15, 0.2) is 47.3 Å². The molecule has 1 fully saturated rings. The zero-order valence-electron chi connectivity index (χ0n) is 26.0. The lowest BCUT2D eigenvalue weighted by atomic mass is 9.97. The van der Waals surface area contributed by atoms with Crippen molar-refractivity contribution < 1.29 is 4.79 Å². The summed E-state index contributed by atoms with van der Waals surface area (Å²) < 4.78 is 1.87. The van der Waals surface area contributed by atoms with Crippen LogP contribution in [-0.4, -0.2) is 46.5 Å². The molecular weight excluding hydrogens is 576 g/mol. The Kier molecular flexibility index (Phi) is 9.54. The summed E-state index contributed by atoms with van der Waals surface area (Å²) >= 11 is 7.81. The second-order valence-corrected chi connectivity index (χ2v) is 13.3. The lowest BCUT2D eigenvalue weighted by molar-refractivity contribution is 0.0733. The Morgan fingerprint density at radius 1 is 1.05 bits per heavy atom. The molecule has 0 atom stereocenters. The van der Waals surface area contributed by atoms with Crippen LogP contribution in [0.4, 0.5) is 0 Å². The van der Waals surface area contributed by atoms with Crippen molar-refractivity contribution >= 4 is 28.8 Å². The molecule has 3 heterocycles. The maximum absolute atomic E-state index is 14.8. The summed E-state index contributed by atoms with van der Waals surface area (Å²) in [5.74, 6) is 0.216. The van der Waals surface area contributed by atoms with Gasteiger partial charge in [0, 0.05) is 47.3 Å². The molecule has 1 N–H and O–H groups in total. The Morgan fingerprint density at radius 2 is 1.72 bits per heavy atom. The van der Waals surface area contributed by atoms with E-state index < -0.39 is 0 Å². The monoisotopic (exact) mass is 616 g/mol. The molecule has 0 radical (unpaired) electrons. The minimum Gasteiger partial charge on any atom is -0.336 e. The molecule has 1 aliphatic rings. The summed E-state index contributed by atoms with van der Waals surface area (Å²) in [6, 6.07) is 14.0. The van der Waals surface area contributed by atoms with Crippen LogP contribution in [0.25, 0.3) is 27.5 Å². The molecule has 43 heavy (non-hydrogen) atoms. The summed E-state index contributed by atoms with van der Waals surface area (Å²) in [4.78, 5) is 37.0. The largest absolute Gasteiger partial charge is 0.336 e. The third-order valence-electron chi connectivity index (χ3n) is 8.19. The molecule has 0 unspecified atom stereocenters. The van der Waals surface area contributed by atoms with Gasteiger partial charge in [0.1, 0.15) is 5.01 Å². The smallest absolute Gasteiger partial charge is 0.265 e. The quantitative estimate of drug-likeness (QED) is 0.226. The van der Waals surface area contributed by atoms with E-state index in [1.54, 1.807) is 0 Å². The van der Waals surface area contributed by atoms with Crippen LogP contribution >= 0.6 is 22.9 Å². The van der Waals surface area contributed by atoms with Crippen molar-refractivity contribution in [2.24, 2.45) is 5.92 Å². The first-order valence-electron chi connectivity index (χ1n) is 15.3. The number of pyridine rings is 1. The molecule has 226 valence electrons. The van der Waals surface area contributed by atoms with Crippen molar-refractivity contribution in [1.29, 1.82) is 0 Å². The molecular formula is C35H41ClN4O2S. The Labute approximate surface area is 263 Å². The Hall–Kier alpha value is -3.26. The fraction of sp³-hybridized carbons (Fsp3) is 0.400. The Bertz CT molecular complexity index is 1690. The number of halogens is 1. The third kappa shape index (κ3) is 6.21. The van der Waals surface area contributed by atoms with Gasteiger partial charge in [-0.3, -0.25) is 14.2 Å². The molecule has 6 nitrogen and oxygen atoms in total. The number of thiazole rings is 1. The Balaban J connectivity index is 1.83. The van der Waals surface area contributed by atoms with Gasteiger partial charge in [0.15, 0.2) is 0 Å². The second kappa shape index (κ2) is 13.2. The molecule has 8 heteroatoms. The van der Waals surface area contributed by atoms with E-state index in [0.717, 1.165) is 70.1 Å². The summed E-state index contributed by atoms with van der Waals surface area (Å²) in [7, 11) is 0. The SMILES string of the molecule is CCc1cccc(CC)c1-n1c(CC(C)C)c(C(=O)N2CCNCC2)cc(-c2nc(-c3ccc(Cl)c(C)c3)c(C)s2)c1=O. The van der Waals surface area contributed by atoms with Crippen LogP contribution in [0.3, 0.4) is 0 Å². The number of amides is 1. The van der Waals surface area contributed by atoms with Gasteiger partial charge in [0.25, 0.3) is 11.5 Å². The lowest BCUT2D eigenvalue weighted by Gasteiger charge is -2.30. The standard InChI is InChI=1S/C35H41ClN4O2S/c1-7-24-10-9-11-25(8-2)32(24)40-30(18-21(3)4)27(34(41)39-16-14-37-15-17-39)20-28(35(40)42)33-38-31(23(6)43-33)26-12-13-29(36)22(5)19-26/h9-13,19-21,37H,7-8,14-18H2,1-6H3. The number of carbonyl (C=O) groups excluding carboxylic acids is 1. The summed E-state index contributed by atoms with van der Waals surface area (Å²) in [6.45, 7) is 15.3. The fourth-order valence-corrected chi connectivity index (χ4v) is 6.99. The van der Waals surface area contributed by atoms with Gasteiger partial charge in [-0.2, -0.15) is 0 Å². The van der Waals surface area contributed by atoms with Crippen molar-refractivity contribution in [2.45, 2.75) is 60.8 Å². The van der Waals surface area contributed by atoms with Gasteiger partial charge in [-0.05, 0) is 73.9 Å². The number of aromatic nitrogens is 2. The Morgan fingerprint density at radius 3 is 2.33 bits per heavy atom. The van der Waals surface area contributed by atoms with Gasteiger partial charge in [-0.15, -0.1) is 11.3 Å². The molecule has 2 aromatic heterocycles. The summed E-state index contributed by atoms with van der Waals surface area (Å²) in [6.07, 6.45) is 2.16. The number of nitrogens with one attached hydrogen (secondary N) is 1. The highest BCUT2D eigenvalue weighted by Gasteiger charge is 2.29. The molecule has 5 rings (SSSR count). The molecule has 2 aromatic carbocycles. The van der Waals surface area contributed by atoms with E-state index in [1.165, 1.54) is 11.3 Å². The van der Waals surface area contributed by atoms with Crippen LogP contribution < -0.4 is 10.9 Å². The highest BCUT2D eigenvalue weighted by atomic mass is 35.5. The van der Waals surface area contributed by atoms with Gasteiger partial charge < -0.3 is 10.2 Å². The molecule has 1 saturated heterocycles. The number of aryl methyl sites for hydroxylation is 4. The zero-order chi connectivity index (χ0) is 30.8. The molecule has 0 aliphatic carbocycles. The second-order valence-electron chi connectivity index (χ2n) is 11.7. The number of carbonyl (C=O) groups is 1. The maximum atomic E-state index is 14.8. The van der Waals surface area contributed by atoms with Gasteiger partial charge in [-0.1, -0.05) is 63.6 Å². The maximum Gasteiger partial charge on any atom is 0.265 e. The number of piperazine rings is 1. The molecule has 4 aromatic rings. The van der Waals surface area contributed by atoms with Crippen molar-refractivity contribution in [3.05, 3.63) is 90.7 Å². The first-order valence-corrected chi connectivity index (χ1v) is 16.5. The van der Waals surface area contributed by atoms with Gasteiger partial charge in [0.05, 0.1) is 22.5 Å². The minimum absolute atomic E-state index is 0.0268. The third-order valence-corrected chi connectivity index (χ3v) is 9.61. The highest BCUT2D eigenvalue weighted by molar-refractivity contribution is 7.15. The van der Waals surface area contributed by atoms with Gasteiger partial charge in [0.2, 0.25) is 0 Å². The van der Waals surface area contributed by atoms with Crippen LogP contribution in [0.5, 0.6) is 0 Å². The first kappa shape index (κ1) is 31.2. The average Bonchev–Trinajstić information content (AvgIpc) is 3.39. The van der Waals surface area contributed by atoms with Crippen molar-refractivity contribution in [2.75, 3.05) is 26.2 Å². The molecule has 0 spiro atoms. The molecule has 1 aliphatic heterocycles. The van der Waals surface area contributed by atoms with E-state index in [2.05, 4.69) is 51.2 Å². The number of para-hydroxylation sites is 1. The van der Waals surface area contributed by atoms with Crippen molar-refractivity contribution in [3.63, 3.8) is 0 Å². The van der Waals surface area contributed by atoms with E-state index in [9.17, 15) is 9.59 Å². The number of nitrogens with zero attached hydrogens (tertiary/aromatic N) is 3. The summed E-state index contributed by atoms with van der Waals surface area (Å²) in [5.41, 5.74) is 7.57. The predicted molar refractivity (Wildman–Crippen MR) is 179 cm³/mol. The summed E-state index contributed by atoms with van der Waals surface area (Å²) in [5, 5.41) is 4.68. The minimum atomic E-state index is -0.129. The normalized spacial score (nSPS) is 13.6. The molecule has 0 saturated carbocycles. The zero-order valence-corrected chi connectivity index (χ0v) is 27.6. The van der Waals surface area contributed by atoms with Crippen molar-refractivity contribution in [3.8, 4) is 27.5 Å². The number of benzene rings is 2. The van der Waals surface area contributed by atoms with E-state index in [4.69, 9.17) is 16.6 Å². The lowest BCUT2D eigenvalue weighted by Crippen LogP contribution is -2.47. The number of rotatable bonds is 8. The molecule has 0 bridgehead atoms. The van der Waals surface area contributed by atoms with Crippen LogP contribution in [0.1, 0.15) is 65.3 Å². The van der Waals surface area contributed by atoms with Gasteiger partial charge in [-0.25, -0.2) is 4.98 Å². The highest BCUT2D eigenvalue weighted by Crippen LogP contribution is 2.35. The van der Waals surface area contributed by atoms with Gasteiger partial charge >= 0.3 is 0 Å². The number of hydrogen-bond donors (Lipinski definition) is 1. The molecule has 1 amide bonds. The van der Waals surface area contributed by atoms with E-state index >= 15 is 0 Å².